The number of benzene rings is 2. The third-order valence-corrected chi connectivity index (χ3v) is 7.13. The lowest BCUT2D eigenvalue weighted by atomic mass is 10.0. The van der Waals surface area contributed by atoms with Crippen molar-refractivity contribution in [3.63, 3.8) is 0 Å². The quantitative estimate of drug-likeness (QED) is 0.125. The molecule has 2 aromatic carbocycles. The molecule has 0 fully saturated rings. The molecule has 2 aromatic rings. The molecule has 2 rings (SSSR count). The molecule has 0 spiro atoms. The summed E-state index contributed by atoms with van der Waals surface area (Å²) in [6.45, 7) is 4.56. The summed E-state index contributed by atoms with van der Waals surface area (Å²) in [5, 5.41) is 1.29. The average molecular weight is 449 g/mol. The Morgan fingerprint density at radius 2 is 1.25 bits per heavy atom. The maximum absolute atomic E-state index is 6.51. The minimum atomic E-state index is 0.385. The van der Waals surface area contributed by atoms with Gasteiger partial charge in [0.2, 0.25) is 0 Å². The van der Waals surface area contributed by atoms with Crippen LogP contribution in [0.15, 0.2) is 60.7 Å². The first-order chi connectivity index (χ1) is 15.8. The summed E-state index contributed by atoms with van der Waals surface area (Å²) >= 11 is 0. The molecule has 174 valence electrons. The molecule has 0 aliphatic heterocycles. The second-order valence-electron chi connectivity index (χ2n) is 8.94. The summed E-state index contributed by atoms with van der Waals surface area (Å²) in [6, 6.07) is 21.3. The van der Waals surface area contributed by atoms with Crippen LogP contribution in [0, 0.1) is 0 Å². The number of hydrogen-bond acceptors (Lipinski definition) is 1. The second kappa shape index (κ2) is 17.9. The first-order valence-corrected chi connectivity index (χ1v) is 14.0. The van der Waals surface area contributed by atoms with E-state index in [0.29, 0.717) is 15.9 Å². The summed E-state index contributed by atoms with van der Waals surface area (Å²) in [6.07, 6.45) is 20.1. The molecule has 32 heavy (non-hydrogen) atoms. The van der Waals surface area contributed by atoms with Gasteiger partial charge in [0.15, 0.2) is 0 Å². The molecule has 0 bridgehead atoms. The van der Waals surface area contributed by atoms with Crippen LogP contribution in [0.2, 0.25) is 0 Å². The number of rotatable bonds is 18. The smallest absolute Gasteiger partial charge is 0.269 e. The lowest BCUT2D eigenvalue weighted by Gasteiger charge is -2.18. The van der Waals surface area contributed by atoms with E-state index in [4.69, 9.17) is 4.43 Å². The predicted octanol–water partition coefficient (Wildman–Crippen LogP) is 9.30. The van der Waals surface area contributed by atoms with Gasteiger partial charge < -0.3 is 4.43 Å². The van der Waals surface area contributed by atoms with E-state index < -0.39 is 0 Å². The van der Waals surface area contributed by atoms with Gasteiger partial charge in [-0.25, -0.2) is 0 Å². The zero-order chi connectivity index (χ0) is 22.7. The predicted molar refractivity (Wildman–Crippen MR) is 143 cm³/mol. The first kappa shape index (κ1) is 26.6. The van der Waals surface area contributed by atoms with Gasteiger partial charge in [0.25, 0.3) is 9.76 Å². The molecule has 0 aromatic heterocycles. The zero-order valence-corrected chi connectivity index (χ0v) is 21.5. The lowest BCUT2D eigenvalue weighted by Crippen LogP contribution is -2.17. The van der Waals surface area contributed by atoms with Gasteiger partial charge >= 0.3 is 0 Å². The van der Waals surface area contributed by atoms with E-state index in [1.807, 2.05) is 0 Å². The fourth-order valence-electron chi connectivity index (χ4n) is 4.10. The van der Waals surface area contributed by atoms with Gasteiger partial charge in [0.05, 0.1) is 0 Å². The normalized spacial score (nSPS) is 12.8. The number of hydrogen-bond donors (Lipinski definition) is 0. The minimum absolute atomic E-state index is 0.385. The van der Waals surface area contributed by atoms with Crippen LogP contribution in [0.5, 0.6) is 0 Å². The van der Waals surface area contributed by atoms with Crippen molar-refractivity contribution in [3.05, 3.63) is 71.8 Å². The Balaban J connectivity index is 1.77. The van der Waals surface area contributed by atoms with Gasteiger partial charge in [-0.2, -0.15) is 0 Å². The third kappa shape index (κ3) is 11.8. The fraction of sp³-hybridized carbons (Fsp3) is 0.533. The highest BCUT2D eigenvalue weighted by atomic mass is 28.2. The minimum Gasteiger partial charge on any atom is -0.409 e. The van der Waals surface area contributed by atoms with Gasteiger partial charge in [0.1, 0.15) is 0 Å². The van der Waals surface area contributed by atoms with E-state index >= 15 is 0 Å². The van der Waals surface area contributed by atoms with Crippen molar-refractivity contribution in [1.82, 2.24) is 0 Å². The van der Waals surface area contributed by atoms with Gasteiger partial charge in [-0.15, -0.1) is 0 Å². The molecule has 0 aliphatic rings. The van der Waals surface area contributed by atoms with Crippen molar-refractivity contribution in [2.75, 3.05) is 0 Å². The molecule has 1 nitrogen and oxygen atoms in total. The molecular weight excluding hydrogens is 404 g/mol. The molecule has 0 amide bonds. The molecule has 2 radical (unpaired) electrons. The van der Waals surface area contributed by atoms with Crippen molar-refractivity contribution >= 4 is 21.0 Å². The van der Waals surface area contributed by atoms with Crippen LogP contribution in [0.4, 0.5) is 0 Å². The van der Waals surface area contributed by atoms with Crippen molar-refractivity contribution < 1.29 is 4.43 Å². The van der Waals surface area contributed by atoms with Crippen molar-refractivity contribution in [3.8, 4) is 0 Å². The van der Waals surface area contributed by atoms with Crippen molar-refractivity contribution in [2.24, 2.45) is 0 Å². The SMILES string of the molecule is CCCCCCCCCCCCC(CCC)O[Si]/C(=C\c1ccccc1)c1ccccc1. The maximum atomic E-state index is 6.51. The Hall–Kier alpha value is -1.64. The molecular formula is C30H44OSi. The van der Waals surface area contributed by atoms with Gasteiger partial charge in [0, 0.05) is 6.10 Å². The van der Waals surface area contributed by atoms with Crippen molar-refractivity contribution in [1.29, 1.82) is 0 Å². The van der Waals surface area contributed by atoms with Gasteiger partial charge in [-0.05, 0) is 29.2 Å². The molecule has 0 aliphatic carbocycles. The molecule has 2 heteroatoms. The molecule has 0 saturated heterocycles. The highest BCUT2D eigenvalue weighted by Crippen LogP contribution is 2.20. The molecule has 1 unspecified atom stereocenters. The first-order valence-electron chi connectivity index (χ1n) is 13.1. The summed E-state index contributed by atoms with van der Waals surface area (Å²) in [5.41, 5.74) is 2.51. The van der Waals surface area contributed by atoms with Crippen LogP contribution in [0.1, 0.15) is 108 Å². The summed E-state index contributed by atoms with van der Waals surface area (Å²) in [4.78, 5) is 0. The van der Waals surface area contributed by atoms with Gasteiger partial charge in [-0.3, -0.25) is 0 Å². The van der Waals surface area contributed by atoms with Crippen molar-refractivity contribution in [2.45, 2.75) is 103 Å². The van der Waals surface area contributed by atoms with Crippen LogP contribution >= 0.6 is 0 Å². The molecule has 0 saturated carbocycles. The van der Waals surface area contributed by atoms with E-state index in [0.717, 1.165) is 6.42 Å². The van der Waals surface area contributed by atoms with Gasteiger partial charge in [-0.1, -0.05) is 151 Å². The van der Waals surface area contributed by atoms with Crippen LogP contribution in [-0.4, -0.2) is 15.9 Å². The van der Waals surface area contributed by atoms with E-state index in [1.165, 1.54) is 93.4 Å². The molecule has 1 atom stereocenters. The van der Waals surface area contributed by atoms with Crippen LogP contribution in [-0.2, 0) is 4.43 Å². The van der Waals surface area contributed by atoms with Crippen LogP contribution < -0.4 is 0 Å². The largest absolute Gasteiger partial charge is 0.409 e. The molecule has 0 heterocycles. The van der Waals surface area contributed by atoms with Crippen LogP contribution in [0.25, 0.3) is 11.3 Å². The van der Waals surface area contributed by atoms with E-state index in [9.17, 15) is 0 Å². The topological polar surface area (TPSA) is 9.23 Å². The second-order valence-corrected chi connectivity index (χ2v) is 9.91. The Bertz CT molecular complexity index is 710. The lowest BCUT2D eigenvalue weighted by molar-refractivity contribution is 0.188. The fourth-order valence-corrected chi connectivity index (χ4v) is 5.14. The Morgan fingerprint density at radius 3 is 1.84 bits per heavy atom. The van der Waals surface area contributed by atoms with Crippen LogP contribution in [0.3, 0.4) is 0 Å². The standard InChI is InChI=1S/C30H44OSi/c1-3-5-6-7-8-9-10-11-12-19-25-29(20-4-2)31-32-30(28-23-17-14-18-24-28)26-27-21-15-13-16-22-27/h13-18,21-24,26,29H,3-12,19-20,25H2,1-2H3/b30-26-. The summed E-state index contributed by atoms with van der Waals surface area (Å²) in [7, 11) is 0.389. The van der Waals surface area contributed by atoms with E-state index in [1.54, 1.807) is 0 Å². The van der Waals surface area contributed by atoms with E-state index in [-0.39, 0.29) is 0 Å². The maximum Gasteiger partial charge on any atom is 0.269 e. The average Bonchev–Trinajstić information content (AvgIpc) is 2.84. The Kier molecular flexibility index (Phi) is 14.8. The Morgan fingerprint density at radius 1 is 0.688 bits per heavy atom. The number of unbranched alkanes of at least 4 members (excludes halogenated alkanes) is 9. The highest BCUT2D eigenvalue weighted by molar-refractivity contribution is 6.57. The monoisotopic (exact) mass is 448 g/mol. The summed E-state index contributed by atoms with van der Waals surface area (Å²) in [5.74, 6) is 0. The summed E-state index contributed by atoms with van der Waals surface area (Å²) < 4.78 is 6.51. The Labute approximate surface area is 200 Å². The zero-order valence-electron chi connectivity index (χ0n) is 20.5. The highest BCUT2D eigenvalue weighted by Gasteiger charge is 2.12. The third-order valence-electron chi connectivity index (χ3n) is 6.02. The van der Waals surface area contributed by atoms with E-state index in [2.05, 4.69) is 80.6 Å². The molecule has 0 N–H and O–H groups in total.